The molecule has 0 aromatic heterocycles. The molecule has 0 N–H and O–H groups in total. The first-order chi connectivity index (χ1) is 16.0. The zero-order valence-electron chi connectivity index (χ0n) is 18.7. The fraction of sp³-hybridized carbons (Fsp3) is 0.304. The van der Waals surface area contributed by atoms with Crippen molar-refractivity contribution in [1.82, 2.24) is 14.1 Å². The fourth-order valence-corrected chi connectivity index (χ4v) is 6.01. The highest BCUT2D eigenvalue weighted by Gasteiger charge is 2.50. The van der Waals surface area contributed by atoms with E-state index in [0.717, 1.165) is 9.87 Å². The monoisotopic (exact) mass is 523 g/mol. The molecule has 2 aliphatic rings. The normalized spacial score (nSPS) is 18.5. The molecular weight excluding hydrogens is 501 g/mol. The number of benzene rings is 2. The topological polar surface area (TPSA) is 87.2 Å². The number of fused-ring (bicyclic) bond motifs is 1. The molecule has 2 amide bonds. The second-order valence-corrected chi connectivity index (χ2v) is 10.9. The summed E-state index contributed by atoms with van der Waals surface area (Å²) >= 11 is 12.0. The van der Waals surface area contributed by atoms with Gasteiger partial charge in [-0.1, -0.05) is 35.3 Å². The summed E-state index contributed by atoms with van der Waals surface area (Å²) in [5.74, 6) is -0.575. The van der Waals surface area contributed by atoms with Crippen molar-refractivity contribution in [2.45, 2.75) is 37.2 Å². The smallest absolute Gasteiger partial charge is 0.269 e. The van der Waals surface area contributed by atoms with E-state index in [-0.39, 0.29) is 39.9 Å². The average Bonchev–Trinajstić information content (AvgIpc) is 3.13. The summed E-state index contributed by atoms with van der Waals surface area (Å²) in [4.78, 5) is 29.0. The van der Waals surface area contributed by atoms with Crippen LogP contribution in [-0.4, -0.2) is 60.1 Å². The molecule has 0 aliphatic carbocycles. The van der Waals surface area contributed by atoms with Crippen LogP contribution >= 0.6 is 23.2 Å². The molecule has 2 aromatic carbocycles. The van der Waals surface area contributed by atoms with Gasteiger partial charge in [0.25, 0.3) is 10.0 Å². The zero-order valence-corrected chi connectivity index (χ0v) is 21.1. The molecule has 34 heavy (non-hydrogen) atoms. The first-order valence-corrected chi connectivity index (χ1v) is 12.7. The lowest BCUT2D eigenvalue weighted by atomic mass is 10.0. The molecular formula is C23H23Cl2N3O5S. The van der Waals surface area contributed by atoms with Crippen LogP contribution in [-0.2, 0) is 26.0 Å². The number of amides is 2. The molecule has 4 rings (SSSR count). The van der Waals surface area contributed by atoms with Gasteiger partial charge in [0.05, 0.1) is 7.11 Å². The molecule has 0 radical (unpaired) electrons. The molecule has 2 aliphatic heterocycles. The Labute approximate surface area is 208 Å². The van der Waals surface area contributed by atoms with Gasteiger partial charge in [-0.15, -0.1) is 0 Å². The molecule has 0 saturated carbocycles. The van der Waals surface area contributed by atoms with Crippen molar-refractivity contribution >= 4 is 45.0 Å². The number of sulfonamides is 1. The third-order valence-electron chi connectivity index (χ3n) is 5.75. The van der Waals surface area contributed by atoms with Crippen molar-refractivity contribution in [2.24, 2.45) is 0 Å². The number of halogens is 2. The van der Waals surface area contributed by atoms with Crippen molar-refractivity contribution < 1.29 is 22.7 Å². The summed E-state index contributed by atoms with van der Waals surface area (Å²) in [5, 5.41) is 0.757. The molecule has 1 unspecified atom stereocenters. The molecule has 1 atom stereocenters. The molecule has 1 fully saturated rings. The van der Waals surface area contributed by atoms with Crippen LogP contribution < -0.4 is 4.74 Å². The van der Waals surface area contributed by atoms with Crippen LogP contribution in [0.4, 0.5) is 0 Å². The number of rotatable bonds is 6. The lowest BCUT2D eigenvalue weighted by Gasteiger charge is -2.39. The Hall–Kier alpha value is -2.75. The van der Waals surface area contributed by atoms with Crippen molar-refractivity contribution in [2.75, 3.05) is 13.7 Å². The van der Waals surface area contributed by atoms with Crippen molar-refractivity contribution in [1.29, 1.82) is 0 Å². The van der Waals surface area contributed by atoms with Crippen LogP contribution in [0.1, 0.15) is 19.4 Å². The first kappa shape index (κ1) is 24.4. The van der Waals surface area contributed by atoms with E-state index in [1.165, 1.54) is 41.3 Å². The van der Waals surface area contributed by atoms with Crippen LogP contribution in [0, 0.1) is 0 Å². The maximum atomic E-state index is 13.7. The lowest BCUT2D eigenvalue weighted by Crippen LogP contribution is -2.54. The number of carbonyl (C=O) groups excluding carboxylic acids is 2. The van der Waals surface area contributed by atoms with Gasteiger partial charge >= 0.3 is 0 Å². The number of ether oxygens (including phenoxy) is 1. The van der Waals surface area contributed by atoms with E-state index in [9.17, 15) is 18.0 Å². The molecule has 180 valence electrons. The second kappa shape index (κ2) is 9.13. The van der Waals surface area contributed by atoms with Crippen molar-refractivity contribution in [3.63, 3.8) is 0 Å². The van der Waals surface area contributed by atoms with E-state index < -0.39 is 28.5 Å². The molecule has 1 saturated heterocycles. The third kappa shape index (κ3) is 4.23. The fourth-order valence-electron chi connectivity index (χ4n) is 4.06. The Bertz CT molecular complexity index is 1280. The highest BCUT2D eigenvalue weighted by molar-refractivity contribution is 7.89. The average molecular weight is 524 g/mol. The maximum Gasteiger partial charge on any atom is 0.269 e. The summed E-state index contributed by atoms with van der Waals surface area (Å²) in [6, 6.07) is 10.1. The number of hydrogen-bond acceptors (Lipinski definition) is 5. The summed E-state index contributed by atoms with van der Waals surface area (Å²) in [6.45, 7) is 3.19. The van der Waals surface area contributed by atoms with Gasteiger partial charge < -0.3 is 9.64 Å². The SMILES string of the molecule is COc1ccc(Cl)cc1S(=O)(=O)N1CC(=O)N2C1=CN(C(C)C)C(=O)C2Cc1ccc(Cl)cc1. The Kier molecular flexibility index (Phi) is 6.54. The predicted octanol–water partition coefficient (Wildman–Crippen LogP) is 3.50. The summed E-state index contributed by atoms with van der Waals surface area (Å²) in [5.41, 5.74) is 0.790. The van der Waals surface area contributed by atoms with Gasteiger partial charge in [0.1, 0.15) is 29.1 Å². The van der Waals surface area contributed by atoms with Crippen LogP contribution in [0.15, 0.2) is 59.4 Å². The molecule has 2 aromatic rings. The lowest BCUT2D eigenvalue weighted by molar-refractivity contribution is -0.143. The predicted molar refractivity (Wildman–Crippen MR) is 128 cm³/mol. The van der Waals surface area contributed by atoms with Crippen molar-refractivity contribution in [3.05, 3.63) is 70.1 Å². The van der Waals surface area contributed by atoms with Gasteiger partial charge in [-0.3, -0.25) is 14.5 Å². The summed E-state index contributed by atoms with van der Waals surface area (Å²) in [6.07, 6.45) is 1.63. The van der Waals surface area contributed by atoms with Gasteiger partial charge in [-0.05, 0) is 49.7 Å². The first-order valence-electron chi connectivity index (χ1n) is 10.5. The van der Waals surface area contributed by atoms with E-state index in [1.54, 1.807) is 24.3 Å². The highest BCUT2D eigenvalue weighted by atomic mass is 35.5. The minimum Gasteiger partial charge on any atom is -0.495 e. The highest BCUT2D eigenvalue weighted by Crippen LogP contribution is 2.37. The van der Waals surface area contributed by atoms with E-state index in [4.69, 9.17) is 27.9 Å². The Morgan fingerprint density at radius 2 is 1.71 bits per heavy atom. The van der Waals surface area contributed by atoms with E-state index in [1.807, 2.05) is 13.8 Å². The van der Waals surface area contributed by atoms with Gasteiger partial charge in [0.15, 0.2) is 0 Å². The van der Waals surface area contributed by atoms with Crippen LogP contribution in [0.3, 0.4) is 0 Å². The van der Waals surface area contributed by atoms with Gasteiger partial charge in [-0.25, -0.2) is 12.7 Å². The van der Waals surface area contributed by atoms with Crippen molar-refractivity contribution in [3.8, 4) is 5.75 Å². The summed E-state index contributed by atoms with van der Waals surface area (Å²) in [7, 11) is -2.89. The third-order valence-corrected chi connectivity index (χ3v) is 8.01. The molecule has 8 nitrogen and oxygen atoms in total. The largest absolute Gasteiger partial charge is 0.495 e. The minimum atomic E-state index is -4.24. The molecule has 2 heterocycles. The Morgan fingerprint density at radius 1 is 1.06 bits per heavy atom. The van der Waals surface area contributed by atoms with Gasteiger partial charge in [0.2, 0.25) is 11.8 Å². The van der Waals surface area contributed by atoms with E-state index >= 15 is 0 Å². The number of methoxy groups -OCH3 is 1. The number of nitrogens with zero attached hydrogens (tertiary/aromatic N) is 3. The molecule has 0 bridgehead atoms. The second-order valence-electron chi connectivity index (χ2n) is 8.24. The van der Waals surface area contributed by atoms with Crippen LogP contribution in [0.2, 0.25) is 10.0 Å². The minimum absolute atomic E-state index is 0.0983. The molecule has 11 heteroatoms. The van der Waals surface area contributed by atoms with Gasteiger partial charge in [0, 0.05) is 28.7 Å². The quantitative estimate of drug-likeness (QED) is 0.578. The van der Waals surface area contributed by atoms with E-state index in [2.05, 4.69) is 0 Å². The Balaban J connectivity index is 1.80. The number of hydrogen-bond donors (Lipinski definition) is 0. The maximum absolute atomic E-state index is 13.7. The summed E-state index contributed by atoms with van der Waals surface area (Å²) < 4.78 is 33.6. The number of carbonyl (C=O) groups is 2. The van der Waals surface area contributed by atoms with Crippen LogP contribution in [0.25, 0.3) is 0 Å². The van der Waals surface area contributed by atoms with E-state index in [0.29, 0.717) is 5.02 Å². The van der Waals surface area contributed by atoms with Gasteiger partial charge in [-0.2, -0.15) is 0 Å². The Morgan fingerprint density at radius 3 is 2.32 bits per heavy atom. The van der Waals surface area contributed by atoms with Crippen LogP contribution in [0.5, 0.6) is 5.75 Å². The molecule has 0 spiro atoms. The zero-order chi connectivity index (χ0) is 24.8. The standard InChI is InChI=1S/C23H23Cl2N3O5S/c1-14(2)26-12-21-27(34(31,32)20-11-17(25)8-9-19(20)33-3)13-22(29)28(21)18(23(26)30)10-15-4-6-16(24)7-5-15/h4-9,11-12,14,18H,10,13H2,1-3H3.